The standard InChI is InChI=1S/C16H25NO/c1-13-5-6-14(2)15(12-13)4-3-9-17-10-7-16(18)8-11-17/h5-6,12,16,18H,3-4,7-11H2,1-2H3. The molecule has 0 amide bonds. The molecule has 0 unspecified atom stereocenters. The van der Waals surface area contributed by atoms with Crippen molar-refractivity contribution in [3.8, 4) is 0 Å². The molecule has 1 aliphatic heterocycles. The average molecular weight is 247 g/mol. The molecule has 2 rings (SSSR count). The first-order chi connectivity index (χ1) is 8.65. The third-order valence-electron chi connectivity index (χ3n) is 3.98. The molecule has 0 saturated carbocycles. The average Bonchev–Trinajstić information content (AvgIpc) is 2.36. The van der Waals surface area contributed by atoms with Crippen molar-refractivity contribution in [3.05, 3.63) is 34.9 Å². The van der Waals surface area contributed by atoms with Gasteiger partial charge in [0.05, 0.1) is 6.10 Å². The van der Waals surface area contributed by atoms with Crippen LogP contribution in [0.25, 0.3) is 0 Å². The van der Waals surface area contributed by atoms with Gasteiger partial charge in [-0.3, -0.25) is 0 Å². The van der Waals surface area contributed by atoms with Crippen molar-refractivity contribution < 1.29 is 5.11 Å². The number of aryl methyl sites for hydroxylation is 3. The maximum Gasteiger partial charge on any atom is 0.0564 e. The summed E-state index contributed by atoms with van der Waals surface area (Å²) in [4.78, 5) is 2.48. The lowest BCUT2D eigenvalue weighted by atomic mass is 10.0. The van der Waals surface area contributed by atoms with Crippen LogP contribution >= 0.6 is 0 Å². The van der Waals surface area contributed by atoms with Crippen LogP contribution in [0, 0.1) is 13.8 Å². The molecule has 0 spiro atoms. The highest BCUT2D eigenvalue weighted by molar-refractivity contribution is 5.30. The van der Waals surface area contributed by atoms with E-state index in [0.717, 1.165) is 25.9 Å². The Bertz CT molecular complexity index is 381. The van der Waals surface area contributed by atoms with E-state index >= 15 is 0 Å². The number of benzene rings is 1. The fourth-order valence-electron chi connectivity index (χ4n) is 2.71. The number of aliphatic hydroxyl groups excluding tert-OH is 1. The van der Waals surface area contributed by atoms with E-state index in [-0.39, 0.29) is 6.10 Å². The Kier molecular flexibility index (Phi) is 4.79. The van der Waals surface area contributed by atoms with E-state index < -0.39 is 0 Å². The Balaban J connectivity index is 1.76. The molecule has 1 aliphatic rings. The van der Waals surface area contributed by atoms with Crippen molar-refractivity contribution >= 4 is 0 Å². The lowest BCUT2D eigenvalue weighted by Crippen LogP contribution is -2.36. The molecule has 2 nitrogen and oxygen atoms in total. The molecule has 0 aliphatic carbocycles. The Hall–Kier alpha value is -0.860. The zero-order valence-electron chi connectivity index (χ0n) is 11.7. The van der Waals surface area contributed by atoms with Crippen LogP contribution in [-0.4, -0.2) is 35.7 Å². The van der Waals surface area contributed by atoms with Gasteiger partial charge in [0.25, 0.3) is 0 Å². The topological polar surface area (TPSA) is 23.5 Å². The molecule has 0 bridgehead atoms. The van der Waals surface area contributed by atoms with Gasteiger partial charge in [0.15, 0.2) is 0 Å². The highest BCUT2D eigenvalue weighted by Crippen LogP contribution is 2.14. The minimum Gasteiger partial charge on any atom is -0.393 e. The summed E-state index contributed by atoms with van der Waals surface area (Å²) in [6.45, 7) is 7.66. The van der Waals surface area contributed by atoms with Gasteiger partial charge in [0.1, 0.15) is 0 Å². The molecule has 1 aromatic carbocycles. The van der Waals surface area contributed by atoms with Gasteiger partial charge in [-0.25, -0.2) is 0 Å². The van der Waals surface area contributed by atoms with E-state index in [0.29, 0.717) is 0 Å². The summed E-state index contributed by atoms with van der Waals surface area (Å²) < 4.78 is 0. The van der Waals surface area contributed by atoms with Gasteiger partial charge in [0, 0.05) is 13.1 Å². The summed E-state index contributed by atoms with van der Waals surface area (Å²) in [5.74, 6) is 0. The normalized spacial score (nSPS) is 18.2. The predicted molar refractivity (Wildman–Crippen MR) is 75.9 cm³/mol. The van der Waals surface area contributed by atoms with Crippen molar-refractivity contribution in [2.24, 2.45) is 0 Å². The highest BCUT2D eigenvalue weighted by Gasteiger charge is 2.16. The largest absolute Gasteiger partial charge is 0.393 e. The van der Waals surface area contributed by atoms with Crippen molar-refractivity contribution in [1.82, 2.24) is 4.90 Å². The molecular formula is C16H25NO. The van der Waals surface area contributed by atoms with Crippen LogP contribution in [0.2, 0.25) is 0 Å². The van der Waals surface area contributed by atoms with E-state index in [1.807, 2.05) is 0 Å². The smallest absolute Gasteiger partial charge is 0.0564 e. The number of nitrogens with zero attached hydrogens (tertiary/aromatic N) is 1. The first-order valence-electron chi connectivity index (χ1n) is 7.11. The van der Waals surface area contributed by atoms with Gasteiger partial charge in [-0.15, -0.1) is 0 Å². The zero-order chi connectivity index (χ0) is 13.0. The minimum absolute atomic E-state index is 0.0553. The Morgan fingerprint density at radius 2 is 1.94 bits per heavy atom. The van der Waals surface area contributed by atoms with Gasteiger partial charge in [-0.2, -0.15) is 0 Å². The summed E-state index contributed by atoms with van der Waals surface area (Å²) in [6.07, 6.45) is 4.24. The van der Waals surface area contributed by atoms with Crippen LogP contribution in [0.5, 0.6) is 0 Å². The summed E-state index contributed by atoms with van der Waals surface area (Å²) in [5, 5.41) is 9.47. The second kappa shape index (κ2) is 6.35. The molecule has 1 N–H and O–H groups in total. The second-order valence-electron chi connectivity index (χ2n) is 5.61. The van der Waals surface area contributed by atoms with Crippen molar-refractivity contribution in [3.63, 3.8) is 0 Å². The zero-order valence-corrected chi connectivity index (χ0v) is 11.7. The fraction of sp³-hybridized carbons (Fsp3) is 0.625. The Morgan fingerprint density at radius 1 is 1.22 bits per heavy atom. The lowest BCUT2D eigenvalue weighted by molar-refractivity contribution is 0.0821. The number of aliphatic hydroxyl groups is 1. The van der Waals surface area contributed by atoms with Gasteiger partial charge < -0.3 is 10.0 Å². The van der Waals surface area contributed by atoms with Gasteiger partial charge in [-0.1, -0.05) is 23.8 Å². The van der Waals surface area contributed by atoms with E-state index in [1.165, 1.54) is 36.1 Å². The Labute approximate surface area is 111 Å². The molecule has 0 aromatic heterocycles. The third-order valence-corrected chi connectivity index (χ3v) is 3.98. The summed E-state index contributed by atoms with van der Waals surface area (Å²) in [5.41, 5.74) is 4.26. The molecule has 100 valence electrons. The molecule has 2 heteroatoms. The molecule has 1 saturated heterocycles. The highest BCUT2D eigenvalue weighted by atomic mass is 16.3. The monoisotopic (exact) mass is 247 g/mol. The summed E-state index contributed by atoms with van der Waals surface area (Å²) in [6, 6.07) is 6.72. The molecule has 1 heterocycles. The lowest BCUT2D eigenvalue weighted by Gasteiger charge is -2.29. The molecule has 0 atom stereocenters. The molecule has 0 radical (unpaired) electrons. The van der Waals surface area contributed by atoms with Crippen LogP contribution in [0.3, 0.4) is 0 Å². The maximum atomic E-state index is 9.47. The van der Waals surface area contributed by atoms with Crippen molar-refractivity contribution in [2.45, 2.75) is 45.6 Å². The SMILES string of the molecule is Cc1ccc(C)c(CCCN2CCC(O)CC2)c1. The summed E-state index contributed by atoms with van der Waals surface area (Å²) >= 11 is 0. The number of piperidine rings is 1. The van der Waals surface area contributed by atoms with Crippen molar-refractivity contribution in [2.75, 3.05) is 19.6 Å². The van der Waals surface area contributed by atoms with Gasteiger partial charge >= 0.3 is 0 Å². The quantitative estimate of drug-likeness (QED) is 0.884. The predicted octanol–water partition coefficient (Wildman–Crippen LogP) is 2.69. The van der Waals surface area contributed by atoms with Gasteiger partial charge in [-0.05, 0) is 57.2 Å². The van der Waals surface area contributed by atoms with Crippen LogP contribution in [-0.2, 0) is 6.42 Å². The fourth-order valence-corrected chi connectivity index (χ4v) is 2.71. The first kappa shape index (κ1) is 13.6. The van der Waals surface area contributed by atoms with Crippen molar-refractivity contribution in [1.29, 1.82) is 0 Å². The summed E-state index contributed by atoms with van der Waals surface area (Å²) in [7, 11) is 0. The van der Waals surface area contributed by atoms with E-state index in [1.54, 1.807) is 0 Å². The van der Waals surface area contributed by atoms with Crippen LogP contribution in [0.4, 0.5) is 0 Å². The third kappa shape index (κ3) is 3.82. The van der Waals surface area contributed by atoms with Gasteiger partial charge in [0.2, 0.25) is 0 Å². The molecular weight excluding hydrogens is 222 g/mol. The van der Waals surface area contributed by atoms with Crippen LogP contribution in [0.15, 0.2) is 18.2 Å². The van der Waals surface area contributed by atoms with Crippen LogP contribution in [0.1, 0.15) is 36.0 Å². The van der Waals surface area contributed by atoms with Crippen LogP contribution < -0.4 is 0 Å². The minimum atomic E-state index is -0.0553. The van der Waals surface area contributed by atoms with E-state index in [4.69, 9.17) is 0 Å². The number of hydrogen-bond acceptors (Lipinski definition) is 2. The van der Waals surface area contributed by atoms with E-state index in [2.05, 4.69) is 36.9 Å². The molecule has 1 fully saturated rings. The number of hydrogen-bond donors (Lipinski definition) is 1. The molecule has 1 aromatic rings. The molecule has 18 heavy (non-hydrogen) atoms. The second-order valence-corrected chi connectivity index (χ2v) is 5.61. The first-order valence-corrected chi connectivity index (χ1v) is 7.11. The number of rotatable bonds is 4. The Morgan fingerprint density at radius 3 is 2.67 bits per heavy atom. The number of likely N-dealkylation sites (tertiary alicyclic amines) is 1. The maximum absolute atomic E-state index is 9.47. The van der Waals surface area contributed by atoms with E-state index in [9.17, 15) is 5.11 Å².